The van der Waals surface area contributed by atoms with Crippen molar-refractivity contribution in [3.8, 4) is 0 Å². The third kappa shape index (κ3) is 3.73. The first-order valence-electron chi connectivity index (χ1n) is 9.94. The summed E-state index contributed by atoms with van der Waals surface area (Å²) < 4.78 is 5.61. The van der Waals surface area contributed by atoms with Gasteiger partial charge in [-0.2, -0.15) is 0 Å². The second-order valence-corrected chi connectivity index (χ2v) is 8.33. The number of carbonyl (C=O) groups excluding carboxylic acids is 1. The summed E-state index contributed by atoms with van der Waals surface area (Å²) >= 11 is 6.63. The highest BCUT2D eigenvalue weighted by atomic mass is 35.5. The van der Waals surface area contributed by atoms with Crippen LogP contribution >= 0.6 is 11.6 Å². The minimum atomic E-state index is -0.130. The molecule has 0 aromatic heterocycles. The Kier molecular flexibility index (Phi) is 5.33. The molecule has 2 atom stereocenters. The number of aryl methyl sites for hydroxylation is 1. The van der Waals surface area contributed by atoms with E-state index < -0.39 is 0 Å². The quantitative estimate of drug-likeness (QED) is 0.789. The van der Waals surface area contributed by atoms with Crippen LogP contribution in [-0.4, -0.2) is 25.2 Å². The van der Waals surface area contributed by atoms with Crippen molar-refractivity contribution in [3.05, 3.63) is 33.8 Å². The lowest BCUT2D eigenvalue weighted by Crippen LogP contribution is -2.29. The molecular formula is C21H28ClNO2. The van der Waals surface area contributed by atoms with E-state index >= 15 is 0 Å². The highest BCUT2D eigenvalue weighted by molar-refractivity contribution is 6.31. The van der Waals surface area contributed by atoms with Gasteiger partial charge in [0, 0.05) is 11.1 Å². The molecule has 1 N–H and O–H groups in total. The molecule has 1 aromatic carbocycles. The van der Waals surface area contributed by atoms with E-state index in [0.717, 1.165) is 36.4 Å². The molecule has 2 aliphatic carbocycles. The number of nitrogens with one attached hydrogen (secondary N) is 1. The summed E-state index contributed by atoms with van der Waals surface area (Å²) in [5.74, 6) is 0.397. The smallest absolute Gasteiger partial charge is 0.313 e. The van der Waals surface area contributed by atoms with E-state index in [-0.39, 0.29) is 11.9 Å². The van der Waals surface area contributed by atoms with Crippen LogP contribution in [0.3, 0.4) is 0 Å². The number of esters is 1. The van der Waals surface area contributed by atoms with Crippen molar-refractivity contribution in [2.75, 3.05) is 13.2 Å². The number of fused-ring (bicyclic) bond motifs is 1. The van der Waals surface area contributed by atoms with Gasteiger partial charge in [0.1, 0.15) is 6.61 Å². The lowest BCUT2D eigenvalue weighted by molar-refractivity contribution is -0.146. The summed E-state index contributed by atoms with van der Waals surface area (Å²) in [7, 11) is 0. The Bertz CT molecular complexity index is 633. The van der Waals surface area contributed by atoms with Crippen LogP contribution in [-0.2, 0) is 16.0 Å². The van der Waals surface area contributed by atoms with E-state index in [1.165, 1.54) is 49.7 Å². The molecule has 25 heavy (non-hydrogen) atoms. The maximum Gasteiger partial charge on any atom is 0.313 e. The fraction of sp³-hybridized carbons (Fsp3) is 0.667. The average Bonchev–Trinajstić information content (AvgIpc) is 3.29. The summed E-state index contributed by atoms with van der Waals surface area (Å²) in [6, 6.07) is 4.69. The predicted molar refractivity (Wildman–Crippen MR) is 100 cm³/mol. The van der Waals surface area contributed by atoms with E-state index in [0.29, 0.717) is 18.6 Å². The molecule has 136 valence electrons. The summed E-state index contributed by atoms with van der Waals surface area (Å²) in [5.41, 5.74) is 3.73. The van der Waals surface area contributed by atoms with Crippen LogP contribution in [0, 0.1) is 0 Å². The fourth-order valence-corrected chi connectivity index (χ4v) is 5.13. The lowest BCUT2D eigenvalue weighted by atomic mass is 9.83. The van der Waals surface area contributed by atoms with Gasteiger partial charge in [0.15, 0.2) is 0 Å². The van der Waals surface area contributed by atoms with Crippen molar-refractivity contribution < 1.29 is 9.53 Å². The zero-order valence-electron chi connectivity index (χ0n) is 14.9. The summed E-state index contributed by atoms with van der Waals surface area (Å²) in [4.78, 5) is 12.6. The number of hydrogen-bond acceptors (Lipinski definition) is 3. The molecular weight excluding hydrogens is 334 g/mol. The van der Waals surface area contributed by atoms with Gasteiger partial charge in [-0.05, 0) is 73.7 Å². The highest BCUT2D eigenvalue weighted by Gasteiger charge is 2.32. The number of hydrogen-bond donors (Lipinski definition) is 1. The van der Waals surface area contributed by atoms with Crippen LogP contribution in [0.1, 0.15) is 79.9 Å². The number of carbonyl (C=O) groups is 1. The van der Waals surface area contributed by atoms with E-state index in [2.05, 4.69) is 17.4 Å². The first-order valence-corrected chi connectivity index (χ1v) is 10.3. The highest BCUT2D eigenvalue weighted by Crippen LogP contribution is 2.42. The monoisotopic (exact) mass is 361 g/mol. The van der Waals surface area contributed by atoms with Crippen LogP contribution in [0.5, 0.6) is 0 Å². The van der Waals surface area contributed by atoms with Gasteiger partial charge in [-0.15, -0.1) is 0 Å². The Morgan fingerprint density at radius 2 is 1.92 bits per heavy atom. The van der Waals surface area contributed by atoms with Crippen molar-refractivity contribution in [3.63, 3.8) is 0 Å². The Balaban J connectivity index is 1.46. The molecule has 2 fully saturated rings. The number of ether oxygens (including phenoxy) is 1. The van der Waals surface area contributed by atoms with E-state index in [4.69, 9.17) is 16.3 Å². The van der Waals surface area contributed by atoms with E-state index in [1.807, 2.05) is 0 Å². The molecule has 4 rings (SSSR count). The van der Waals surface area contributed by atoms with Gasteiger partial charge in [-0.3, -0.25) is 4.79 Å². The third-order valence-corrected chi connectivity index (χ3v) is 6.58. The molecule has 0 radical (unpaired) electrons. The molecule has 1 saturated heterocycles. The molecule has 0 amide bonds. The number of rotatable bonds is 4. The maximum absolute atomic E-state index is 12.6. The molecule has 1 aromatic rings. The largest absolute Gasteiger partial charge is 0.464 e. The zero-order valence-corrected chi connectivity index (χ0v) is 15.6. The molecule has 4 heteroatoms. The van der Waals surface area contributed by atoms with Gasteiger partial charge < -0.3 is 10.1 Å². The molecule has 3 aliphatic rings. The van der Waals surface area contributed by atoms with E-state index in [9.17, 15) is 4.79 Å². The Morgan fingerprint density at radius 3 is 2.68 bits per heavy atom. The maximum atomic E-state index is 12.6. The first kappa shape index (κ1) is 17.4. The topological polar surface area (TPSA) is 38.3 Å². The van der Waals surface area contributed by atoms with Crippen LogP contribution in [0.25, 0.3) is 0 Å². The second-order valence-electron chi connectivity index (χ2n) is 7.92. The molecule has 1 aliphatic heterocycles. The molecule has 0 bridgehead atoms. The molecule has 3 nitrogen and oxygen atoms in total. The molecule has 1 saturated carbocycles. The average molecular weight is 362 g/mol. The summed E-state index contributed by atoms with van der Waals surface area (Å²) in [6.07, 6.45) is 10.6. The van der Waals surface area contributed by atoms with Gasteiger partial charge >= 0.3 is 5.97 Å². The van der Waals surface area contributed by atoms with Crippen molar-refractivity contribution in [2.45, 2.75) is 75.7 Å². The van der Waals surface area contributed by atoms with Crippen LogP contribution in [0.15, 0.2) is 12.1 Å². The third-order valence-electron chi connectivity index (χ3n) is 6.25. The van der Waals surface area contributed by atoms with Gasteiger partial charge in [0.05, 0.1) is 5.92 Å². The second kappa shape index (κ2) is 7.67. The van der Waals surface area contributed by atoms with Crippen molar-refractivity contribution in [1.29, 1.82) is 0 Å². The standard InChI is InChI=1S/C21H28ClNO2/c22-20-12-18-15(11-19(20)14-5-2-1-3-6-14)8-9-17(18)21(24)25-13-16-7-4-10-23-16/h11-12,14,16-17,23H,1-10,13H2. The Hall–Kier alpha value is -1.06. The molecule has 2 unspecified atom stereocenters. The normalized spacial score (nSPS) is 26.6. The SMILES string of the molecule is O=C(OCC1CCCN1)C1CCc2cc(C3CCCCC3)c(Cl)cc21. The van der Waals surface area contributed by atoms with Crippen LogP contribution in [0.4, 0.5) is 0 Å². The van der Waals surface area contributed by atoms with Crippen LogP contribution in [0.2, 0.25) is 5.02 Å². The molecule has 1 heterocycles. The zero-order chi connectivity index (χ0) is 17.2. The Labute approximate surface area is 155 Å². The fourth-order valence-electron chi connectivity index (χ4n) is 4.80. The predicted octanol–water partition coefficient (Wildman–Crippen LogP) is 4.71. The van der Waals surface area contributed by atoms with Gasteiger partial charge in [-0.25, -0.2) is 0 Å². The Morgan fingerprint density at radius 1 is 1.08 bits per heavy atom. The van der Waals surface area contributed by atoms with E-state index in [1.54, 1.807) is 0 Å². The van der Waals surface area contributed by atoms with Gasteiger partial charge in [0.2, 0.25) is 0 Å². The minimum Gasteiger partial charge on any atom is -0.464 e. The van der Waals surface area contributed by atoms with Crippen LogP contribution < -0.4 is 5.32 Å². The van der Waals surface area contributed by atoms with Crippen molar-refractivity contribution >= 4 is 17.6 Å². The lowest BCUT2D eigenvalue weighted by Gasteiger charge is -2.24. The van der Waals surface area contributed by atoms with Crippen molar-refractivity contribution in [1.82, 2.24) is 5.32 Å². The number of benzene rings is 1. The molecule has 0 spiro atoms. The summed E-state index contributed by atoms with van der Waals surface area (Å²) in [5, 5.41) is 4.23. The van der Waals surface area contributed by atoms with Crippen molar-refractivity contribution in [2.24, 2.45) is 0 Å². The van der Waals surface area contributed by atoms with Gasteiger partial charge in [0.25, 0.3) is 0 Å². The number of halogens is 1. The summed E-state index contributed by atoms with van der Waals surface area (Å²) in [6.45, 7) is 1.53. The minimum absolute atomic E-state index is 0.0751. The van der Waals surface area contributed by atoms with Gasteiger partial charge in [-0.1, -0.05) is 36.9 Å². The first-order chi connectivity index (χ1) is 12.2.